The molecule has 0 aromatic heterocycles. The maximum absolute atomic E-state index is 12.1. The Hall–Kier alpha value is -2.73. The van der Waals surface area contributed by atoms with E-state index in [2.05, 4.69) is 16.0 Å². The van der Waals surface area contributed by atoms with Crippen LogP contribution < -0.4 is 16.0 Å². The van der Waals surface area contributed by atoms with Crippen LogP contribution in [0.3, 0.4) is 0 Å². The van der Waals surface area contributed by atoms with E-state index in [4.69, 9.17) is 12.2 Å². The van der Waals surface area contributed by atoms with Gasteiger partial charge in [0, 0.05) is 17.8 Å². The Labute approximate surface area is 152 Å². The van der Waals surface area contributed by atoms with E-state index in [1.54, 1.807) is 31.2 Å². The highest BCUT2D eigenvalue weighted by Crippen LogP contribution is 2.15. The van der Waals surface area contributed by atoms with Crippen molar-refractivity contribution in [2.24, 2.45) is 0 Å². The minimum atomic E-state index is -0.178. The summed E-state index contributed by atoms with van der Waals surface area (Å²) in [6.45, 7) is 3.76. The maximum Gasteiger partial charge on any atom is 0.230 e. The fourth-order valence-electron chi connectivity index (χ4n) is 2.24. The van der Waals surface area contributed by atoms with Gasteiger partial charge in [0.25, 0.3) is 0 Å². The number of amides is 2. The summed E-state index contributed by atoms with van der Waals surface area (Å²) >= 11 is 5.18. The van der Waals surface area contributed by atoms with Gasteiger partial charge in [-0.1, -0.05) is 37.3 Å². The molecule has 6 heteroatoms. The minimum Gasteiger partial charge on any atom is -0.332 e. The molecular weight excluding hydrogens is 334 g/mol. The summed E-state index contributed by atoms with van der Waals surface area (Å²) in [5, 5.41) is 8.62. The van der Waals surface area contributed by atoms with Gasteiger partial charge in [0.05, 0.1) is 6.42 Å². The van der Waals surface area contributed by atoms with Crippen LogP contribution in [0.15, 0.2) is 48.5 Å². The van der Waals surface area contributed by atoms with E-state index in [9.17, 15) is 9.59 Å². The molecule has 0 saturated carbocycles. The molecule has 0 bridgehead atoms. The van der Waals surface area contributed by atoms with Crippen LogP contribution in [0.5, 0.6) is 0 Å². The Morgan fingerprint density at radius 1 is 0.960 bits per heavy atom. The van der Waals surface area contributed by atoms with Crippen LogP contribution >= 0.6 is 12.2 Å². The molecule has 130 valence electrons. The predicted molar refractivity (Wildman–Crippen MR) is 105 cm³/mol. The Morgan fingerprint density at radius 2 is 1.64 bits per heavy atom. The summed E-state index contributed by atoms with van der Waals surface area (Å²) in [5.74, 6) is -0.242. The molecule has 0 heterocycles. The zero-order valence-corrected chi connectivity index (χ0v) is 15.1. The molecule has 0 fully saturated rings. The average molecular weight is 355 g/mol. The van der Waals surface area contributed by atoms with Gasteiger partial charge in [-0.15, -0.1) is 0 Å². The van der Waals surface area contributed by atoms with Gasteiger partial charge in [-0.05, 0) is 48.5 Å². The lowest BCUT2D eigenvalue weighted by Gasteiger charge is -2.12. The smallest absolute Gasteiger partial charge is 0.230 e. The first-order chi connectivity index (χ1) is 12.0. The van der Waals surface area contributed by atoms with Crippen molar-refractivity contribution >= 4 is 40.5 Å². The molecule has 0 unspecified atom stereocenters. The zero-order valence-electron chi connectivity index (χ0n) is 14.3. The first kappa shape index (κ1) is 18.6. The number of anilines is 2. The molecule has 25 heavy (non-hydrogen) atoms. The first-order valence-corrected chi connectivity index (χ1v) is 8.44. The van der Waals surface area contributed by atoms with Gasteiger partial charge in [0.15, 0.2) is 5.11 Å². The van der Waals surface area contributed by atoms with E-state index in [-0.39, 0.29) is 23.3 Å². The number of nitrogens with one attached hydrogen (secondary N) is 3. The number of thiocarbonyl (C=S) groups is 1. The minimum absolute atomic E-state index is 0.0636. The summed E-state index contributed by atoms with van der Waals surface area (Å²) < 4.78 is 0. The van der Waals surface area contributed by atoms with Gasteiger partial charge >= 0.3 is 0 Å². The molecule has 3 N–H and O–H groups in total. The summed E-state index contributed by atoms with van der Waals surface area (Å²) in [4.78, 5) is 23.6. The van der Waals surface area contributed by atoms with Gasteiger partial charge in [-0.25, -0.2) is 0 Å². The number of carbonyl (C=O) groups excluding carboxylic acids is 2. The topological polar surface area (TPSA) is 70.2 Å². The highest BCUT2D eigenvalue weighted by Gasteiger charge is 2.08. The summed E-state index contributed by atoms with van der Waals surface area (Å²) in [6.07, 6.45) is 0.673. The third kappa shape index (κ3) is 6.00. The quantitative estimate of drug-likeness (QED) is 0.719. The number of benzene rings is 2. The molecule has 0 aliphatic heterocycles. The lowest BCUT2D eigenvalue weighted by molar-refractivity contribution is -0.119. The molecule has 5 nitrogen and oxygen atoms in total. The van der Waals surface area contributed by atoms with Crippen molar-refractivity contribution in [3.63, 3.8) is 0 Å². The second kappa shape index (κ2) is 8.94. The summed E-state index contributed by atoms with van der Waals surface area (Å²) in [6, 6.07) is 14.9. The molecular formula is C19H21N3O2S. The molecule has 0 radical (unpaired) electrons. The number of carbonyl (C=O) groups is 2. The third-order valence-electron chi connectivity index (χ3n) is 3.59. The number of rotatable bonds is 5. The second-order valence-electron chi connectivity index (χ2n) is 5.59. The van der Waals surface area contributed by atoms with E-state index in [1.807, 2.05) is 31.2 Å². The number of aryl methyl sites for hydroxylation is 1. The van der Waals surface area contributed by atoms with Crippen LogP contribution in [-0.2, 0) is 16.0 Å². The zero-order chi connectivity index (χ0) is 18.2. The summed E-state index contributed by atoms with van der Waals surface area (Å²) in [5.41, 5.74) is 3.39. The Bertz CT molecular complexity index is 790. The predicted octanol–water partition coefficient (Wildman–Crippen LogP) is 3.40. The molecule has 2 aromatic rings. The van der Waals surface area contributed by atoms with E-state index in [1.165, 1.54) is 0 Å². The maximum atomic E-state index is 12.1. The third-order valence-corrected chi connectivity index (χ3v) is 3.79. The van der Waals surface area contributed by atoms with Crippen LogP contribution in [0, 0.1) is 6.92 Å². The first-order valence-electron chi connectivity index (χ1n) is 8.03. The van der Waals surface area contributed by atoms with Crippen LogP contribution in [0.4, 0.5) is 11.4 Å². The standard InChI is InChI=1S/C19H21N3O2S/c1-3-17(23)20-15-9-6-10-16(12-15)21-19(25)22-18(24)11-14-8-5-4-7-13(14)2/h4-10,12H,3,11H2,1-2H3,(H,20,23)(H2,21,22,24,25). The van der Waals surface area contributed by atoms with Crippen molar-refractivity contribution in [3.8, 4) is 0 Å². The molecule has 0 spiro atoms. The Kier molecular flexibility index (Phi) is 6.65. The van der Waals surface area contributed by atoms with Gasteiger partial charge in [0.1, 0.15) is 0 Å². The second-order valence-corrected chi connectivity index (χ2v) is 6.00. The molecule has 2 amide bonds. The molecule has 0 saturated heterocycles. The monoisotopic (exact) mass is 355 g/mol. The van der Waals surface area contributed by atoms with Crippen molar-refractivity contribution in [3.05, 3.63) is 59.7 Å². The SMILES string of the molecule is CCC(=O)Nc1cccc(NC(=S)NC(=O)Cc2ccccc2C)c1. The van der Waals surface area contributed by atoms with E-state index in [0.29, 0.717) is 17.8 Å². The Morgan fingerprint density at radius 3 is 2.32 bits per heavy atom. The Balaban J connectivity index is 1.91. The number of hydrogen-bond donors (Lipinski definition) is 3. The lowest BCUT2D eigenvalue weighted by Crippen LogP contribution is -2.35. The molecule has 0 atom stereocenters. The van der Waals surface area contributed by atoms with Gasteiger partial charge in [-0.3, -0.25) is 9.59 Å². The van der Waals surface area contributed by atoms with Crippen molar-refractivity contribution in [1.29, 1.82) is 0 Å². The molecule has 2 aromatic carbocycles. The van der Waals surface area contributed by atoms with Crippen LogP contribution in [0.25, 0.3) is 0 Å². The van der Waals surface area contributed by atoms with Crippen molar-refractivity contribution < 1.29 is 9.59 Å². The van der Waals surface area contributed by atoms with Gasteiger partial charge in [-0.2, -0.15) is 0 Å². The van der Waals surface area contributed by atoms with Crippen LogP contribution in [-0.4, -0.2) is 16.9 Å². The van der Waals surface area contributed by atoms with E-state index >= 15 is 0 Å². The average Bonchev–Trinajstić information content (AvgIpc) is 2.57. The van der Waals surface area contributed by atoms with Gasteiger partial charge in [0.2, 0.25) is 11.8 Å². The molecule has 2 rings (SSSR count). The van der Waals surface area contributed by atoms with Crippen molar-refractivity contribution in [1.82, 2.24) is 5.32 Å². The van der Waals surface area contributed by atoms with Crippen LogP contribution in [0.2, 0.25) is 0 Å². The highest BCUT2D eigenvalue weighted by molar-refractivity contribution is 7.80. The largest absolute Gasteiger partial charge is 0.332 e. The normalized spacial score (nSPS) is 10.0. The van der Waals surface area contributed by atoms with Gasteiger partial charge < -0.3 is 16.0 Å². The van der Waals surface area contributed by atoms with Crippen molar-refractivity contribution in [2.45, 2.75) is 26.7 Å². The fourth-order valence-corrected chi connectivity index (χ4v) is 2.47. The van der Waals surface area contributed by atoms with E-state index < -0.39 is 0 Å². The van der Waals surface area contributed by atoms with Crippen LogP contribution in [0.1, 0.15) is 24.5 Å². The van der Waals surface area contributed by atoms with Crippen molar-refractivity contribution in [2.75, 3.05) is 10.6 Å². The highest BCUT2D eigenvalue weighted by atomic mass is 32.1. The summed E-state index contributed by atoms with van der Waals surface area (Å²) in [7, 11) is 0. The fraction of sp³-hybridized carbons (Fsp3) is 0.211. The lowest BCUT2D eigenvalue weighted by atomic mass is 10.1. The molecule has 0 aliphatic carbocycles. The number of hydrogen-bond acceptors (Lipinski definition) is 3. The molecule has 0 aliphatic rings. The van der Waals surface area contributed by atoms with E-state index in [0.717, 1.165) is 11.1 Å².